The lowest BCUT2D eigenvalue weighted by molar-refractivity contribution is -0.120. The van der Waals surface area contributed by atoms with Crippen LogP contribution in [0, 0.1) is 6.92 Å². The average molecular weight is 374 g/mol. The van der Waals surface area contributed by atoms with Gasteiger partial charge in [-0.15, -0.1) is 0 Å². The molecule has 5 heteroatoms. The van der Waals surface area contributed by atoms with E-state index in [1.54, 1.807) is 48.5 Å². The van der Waals surface area contributed by atoms with Crippen molar-refractivity contribution >= 4 is 11.8 Å². The first-order valence-corrected chi connectivity index (χ1v) is 8.96. The number of amides is 2. The largest absolute Gasteiger partial charge is 0.489 e. The van der Waals surface area contributed by atoms with Crippen LogP contribution in [0.15, 0.2) is 78.9 Å². The zero-order valence-corrected chi connectivity index (χ0v) is 15.6. The van der Waals surface area contributed by atoms with Gasteiger partial charge in [-0.2, -0.15) is 0 Å². The molecule has 0 radical (unpaired) electrons. The molecule has 0 fully saturated rings. The van der Waals surface area contributed by atoms with E-state index in [9.17, 15) is 9.59 Å². The number of hydrogen-bond acceptors (Lipinski definition) is 3. The fourth-order valence-electron chi connectivity index (χ4n) is 2.87. The molecule has 1 atom stereocenters. The fraction of sp³-hybridized carbons (Fsp3) is 0.130. The summed E-state index contributed by atoms with van der Waals surface area (Å²) in [7, 11) is 0. The molecule has 0 bridgehead atoms. The first-order chi connectivity index (χ1) is 13.5. The van der Waals surface area contributed by atoms with Crippen LogP contribution in [-0.2, 0) is 11.4 Å². The van der Waals surface area contributed by atoms with Crippen molar-refractivity contribution in [2.45, 2.75) is 19.6 Å². The summed E-state index contributed by atoms with van der Waals surface area (Å²) in [5, 5.41) is 2.69. The van der Waals surface area contributed by atoms with E-state index in [0.29, 0.717) is 23.5 Å². The van der Waals surface area contributed by atoms with Crippen LogP contribution in [0.25, 0.3) is 0 Å². The molecule has 0 saturated heterocycles. The normalized spacial score (nSPS) is 11.5. The Bertz CT molecular complexity index is 970. The summed E-state index contributed by atoms with van der Waals surface area (Å²) in [6, 6.07) is 22.9. The van der Waals surface area contributed by atoms with Gasteiger partial charge in [0.1, 0.15) is 18.4 Å². The average Bonchev–Trinajstić information content (AvgIpc) is 2.71. The minimum absolute atomic E-state index is 0.393. The molecule has 0 aliphatic heterocycles. The molecule has 3 aromatic carbocycles. The maximum atomic E-state index is 12.6. The number of nitrogens with two attached hydrogens (primary N) is 1. The monoisotopic (exact) mass is 374 g/mol. The molecule has 3 aromatic rings. The molecule has 5 nitrogen and oxygen atoms in total. The molecular weight excluding hydrogens is 352 g/mol. The number of carbonyl (C=O) groups is 2. The predicted octanol–water partition coefficient (Wildman–Crippen LogP) is 3.53. The lowest BCUT2D eigenvalue weighted by atomic mass is 10.1. The van der Waals surface area contributed by atoms with Crippen molar-refractivity contribution < 1.29 is 14.3 Å². The van der Waals surface area contributed by atoms with Crippen molar-refractivity contribution in [1.29, 1.82) is 0 Å². The van der Waals surface area contributed by atoms with Gasteiger partial charge in [0.2, 0.25) is 5.91 Å². The zero-order chi connectivity index (χ0) is 19.9. The Kier molecular flexibility index (Phi) is 6.07. The molecule has 28 heavy (non-hydrogen) atoms. The zero-order valence-electron chi connectivity index (χ0n) is 15.6. The molecule has 0 aliphatic carbocycles. The minimum Gasteiger partial charge on any atom is -0.489 e. The maximum Gasteiger partial charge on any atom is 0.252 e. The number of aryl methyl sites for hydroxylation is 1. The summed E-state index contributed by atoms with van der Waals surface area (Å²) in [6.45, 7) is 2.43. The first-order valence-electron chi connectivity index (χ1n) is 8.96. The van der Waals surface area contributed by atoms with Crippen molar-refractivity contribution in [3.8, 4) is 5.75 Å². The van der Waals surface area contributed by atoms with Gasteiger partial charge in [0, 0.05) is 5.56 Å². The highest BCUT2D eigenvalue weighted by Gasteiger charge is 2.20. The number of hydrogen-bond donors (Lipinski definition) is 2. The van der Waals surface area contributed by atoms with Crippen LogP contribution in [0.2, 0.25) is 0 Å². The highest BCUT2D eigenvalue weighted by atomic mass is 16.5. The summed E-state index contributed by atoms with van der Waals surface area (Å²) >= 11 is 0. The van der Waals surface area contributed by atoms with Crippen molar-refractivity contribution in [2.24, 2.45) is 5.73 Å². The van der Waals surface area contributed by atoms with Crippen LogP contribution in [0.5, 0.6) is 5.75 Å². The second-order valence-corrected chi connectivity index (χ2v) is 6.53. The highest BCUT2D eigenvalue weighted by molar-refractivity contribution is 5.97. The van der Waals surface area contributed by atoms with E-state index in [1.165, 1.54) is 0 Å². The van der Waals surface area contributed by atoms with E-state index in [4.69, 9.17) is 10.5 Å². The molecule has 142 valence electrons. The van der Waals surface area contributed by atoms with Gasteiger partial charge >= 0.3 is 0 Å². The van der Waals surface area contributed by atoms with Gasteiger partial charge in [-0.25, -0.2) is 0 Å². The standard InChI is InChI=1S/C23H22N2O3/c1-16-7-5-8-17(13-16)15-28-20-12-6-11-19(14-20)23(27)25-21(22(24)26)18-9-3-2-4-10-18/h2-14,21H,15H2,1H3,(H2,24,26)(H,25,27). The second kappa shape index (κ2) is 8.86. The number of carbonyl (C=O) groups excluding carboxylic acids is 2. The first kappa shape index (κ1) is 19.2. The molecule has 0 saturated carbocycles. The number of primary amides is 1. The lowest BCUT2D eigenvalue weighted by Gasteiger charge is -2.16. The topological polar surface area (TPSA) is 81.4 Å². The molecule has 0 aromatic heterocycles. The Hall–Kier alpha value is -3.60. The number of ether oxygens (including phenoxy) is 1. The Balaban J connectivity index is 1.70. The Morgan fingerprint density at radius 3 is 2.43 bits per heavy atom. The lowest BCUT2D eigenvalue weighted by Crippen LogP contribution is -2.37. The van der Waals surface area contributed by atoms with E-state index in [-0.39, 0.29) is 0 Å². The number of benzene rings is 3. The molecule has 3 rings (SSSR count). The van der Waals surface area contributed by atoms with Gasteiger partial charge in [-0.05, 0) is 36.2 Å². The molecule has 0 heterocycles. The summed E-state index contributed by atoms with van der Waals surface area (Å²) < 4.78 is 5.80. The third-order valence-electron chi connectivity index (χ3n) is 4.28. The van der Waals surface area contributed by atoms with Crippen LogP contribution < -0.4 is 15.8 Å². The molecule has 0 spiro atoms. The molecular formula is C23H22N2O3. The van der Waals surface area contributed by atoms with Crippen molar-refractivity contribution in [3.05, 3.63) is 101 Å². The summed E-state index contributed by atoms with van der Waals surface area (Å²) in [5.74, 6) is -0.440. The minimum atomic E-state index is -0.898. The highest BCUT2D eigenvalue weighted by Crippen LogP contribution is 2.18. The molecule has 3 N–H and O–H groups in total. The van der Waals surface area contributed by atoms with E-state index in [1.807, 2.05) is 37.3 Å². The summed E-state index contributed by atoms with van der Waals surface area (Å²) in [6.07, 6.45) is 0. The quantitative estimate of drug-likeness (QED) is 0.664. The summed E-state index contributed by atoms with van der Waals surface area (Å²) in [5.41, 5.74) is 8.71. The van der Waals surface area contributed by atoms with E-state index >= 15 is 0 Å². The van der Waals surface area contributed by atoms with Gasteiger partial charge in [0.15, 0.2) is 0 Å². The van der Waals surface area contributed by atoms with Gasteiger partial charge in [0.25, 0.3) is 5.91 Å². The maximum absolute atomic E-state index is 12.6. The second-order valence-electron chi connectivity index (χ2n) is 6.53. The number of nitrogens with one attached hydrogen (secondary N) is 1. The fourth-order valence-corrected chi connectivity index (χ4v) is 2.87. The summed E-state index contributed by atoms with van der Waals surface area (Å²) in [4.78, 5) is 24.4. The van der Waals surface area contributed by atoms with Crippen LogP contribution >= 0.6 is 0 Å². The Labute approximate surface area is 164 Å². The van der Waals surface area contributed by atoms with Crippen molar-refractivity contribution in [1.82, 2.24) is 5.32 Å². The molecule has 1 unspecified atom stereocenters. The van der Waals surface area contributed by atoms with Crippen LogP contribution in [0.1, 0.15) is 33.1 Å². The van der Waals surface area contributed by atoms with Crippen LogP contribution in [0.4, 0.5) is 0 Å². The molecule has 0 aliphatic rings. The van der Waals surface area contributed by atoms with Crippen LogP contribution in [0.3, 0.4) is 0 Å². The van der Waals surface area contributed by atoms with Gasteiger partial charge < -0.3 is 15.8 Å². The van der Waals surface area contributed by atoms with Gasteiger partial charge in [0.05, 0.1) is 0 Å². The van der Waals surface area contributed by atoms with E-state index in [0.717, 1.165) is 11.1 Å². The molecule has 2 amide bonds. The van der Waals surface area contributed by atoms with Gasteiger partial charge in [-0.1, -0.05) is 66.2 Å². The smallest absolute Gasteiger partial charge is 0.252 e. The number of rotatable bonds is 7. The van der Waals surface area contributed by atoms with Crippen molar-refractivity contribution in [3.63, 3.8) is 0 Å². The third kappa shape index (κ3) is 4.98. The van der Waals surface area contributed by atoms with Gasteiger partial charge in [-0.3, -0.25) is 9.59 Å². The van der Waals surface area contributed by atoms with Crippen molar-refractivity contribution in [2.75, 3.05) is 0 Å². The Morgan fingerprint density at radius 1 is 0.964 bits per heavy atom. The third-order valence-corrected chi connectivity index (χ3v) is 4.28. The van der Waals surface area contributed by atoms with Crippen LogP contribution in [-0.4, -0.2) is 11.8 Å². The van der Waals surface area contributed by atoms with E-state index in [2.05, 4.69) is 5.32 Å². The Morgan fingerprint density at radius 2 is 1.71 bits per heavy atom. The van der Waals surface area contributed by atoms with E-state index < -0.39 is 17.9 Å². The predicted molar refractivity (Wildman–Crippen MR) is 108 cm³/mol. The SMILES string of the molecule is Cc1cccc(COc2cccc(C(=O)NC(C(N)=O)c3ccccc3)c2)c1.